The first-order chi connectivity index (χ1) is 11.7. The molecular weight excluding hydrogens is 427 g/mol. The van der Waals surface area contributed by atoms with Gasteiger partial charge in [0.1, 0.15) is 0 Å². The normalized spacial score (nSPS) is 22.7. The van der Waals surface area contributed by atoms with E-state index in [1.54, 1.807) is 0 Å². The number of unbranched alkanes of at least 4 members (excludes halogenated alkanes) is 1. The minimum atomic E-state index is 0. The number of guanidine groups is 1. The van der Waals surface area contributed by atoms with Crippen molar-refractivity contribution in [2.24, 2.45) is 16.8 Å². The summed E-state index contributed by atoms with van der Waals surface area (Å²) >= 11 is 0. The smallest absolute Gasteiger partial charge is 0.193 e. The zero-order valence-electron chi connectivity index (χ0n) is 16.5. The number of aliphatic imine (C=N–C) groups is 1. The average molecular weight is 466 g/mol. The summed E-state index contributed by atoms with van der Waals surface area (Å²) in [5.41, 5.74) is 0. The number of ether oxygens (including phenoxy) is 1. The van der Waals surface area contributed by atoms with Crippen molar-refractivity contribution >= 4 is 29.9 Å². The van der Waals surface area contributed by atoms with Crippen LogP contribution in [-0.2, 0) is 4.74 Å². The van der Waals surface area contributed by atoms with E-state index >= 15 is 0 Å². The summed E-state index contributed by atoms with van der Waals surface area (Å²) in [4.78, 5) is 9.72. The molecule has 25 heavy (non-hydrogen) atoms. The molecule has 1 N–H and O–H groups in total. The molecule has 2 fully saturated rings. The molecule has 0 aromatic rings. The lowest BCUT2D eigenvalue weighted by atomic mass is 9.99. The van der Waals surface area contributed by atoms with Crippen LogP contribution in [0.3, 0.4) is 0 Å². The lowest BCUT2D eigenvalue weighted by molar-refractivity contribution is 0.181. The van der Waals surface area contributed by atoms with Crippen LogP contribution < -0.4 is 5.32 Å². The second kappa shape index (κ2) is 13.1. The third-order valence-corrected chi connectivity index (χ3v) is 5.27. The molecule has 5 nitrogen and oxygen atoms in total. The molecule has 2 rings (SSSR count). The van der Waals surface area contributed by atoms with Gasteiger partial charge >= 0.3 is 0 Å². The van der Waals surface area contributed by atoms with Crippen molar-refractivity contribution in [3.63, 3.8) is 0 Å². The Bertz CT molecular complexity index is 366. The quantitative estimate of drug-likeness (QED) is 0.259. The average Bonchev–Trinajstić information content (AvgIpc) is 3.08. The van der Waals surface area contributed by atoms with Crippen LogP contribution >= 0.6 is 24.0 Å². The monoisotopic (exact) mass is 466 g/mol. The maximum absolute atomic E-state index is 5.48. The number of likely N-dealkylation sites (tertiary alicyclic amines) is 1. The number of piperidine rings is 1. The number of rotatable bonds is 8. The predicted octanol–water partition coefficient (Wildman–Crippen LogP) is 3.05. The minimum absolute atomic E-state index is 0. The molecular formula is C19H39IN4O. The van der Waals surface area contributed by atoms with Crippen LogP contribution in [0.15, 0.2) is 4.99 Å². The van der Waals surface area contributed by atoms with E-state index in [4.69, 9.17) is 9.73 Å². The van der Waals surface area contributed by atoms with Gasteiger partial charge in [-0.15, -0.1) is 24.0 Å². The summed E-state index contributed by atoms with van der Waals surface area (Å²) in [7, 11) is 2.15. The van der Waals surface area contributed by atoms with Gasteiger partial charge in [0.25, 0.3) is 0 Å². The largest absolute Gasteiger partial charge is 0.381 e. The van der Waals surface area contributed by atoms with Gasteiger partial charge in [-0.1, -0.05) is 6.92 Å². The Morgan fingerprint density at radius 2 is 2.00 bits per heavy atom. The summed E-state index contributed by atoms with van der Waals surface area (Å²) in [5, 5.41) is 3.43. The van der Waals surface area contributed by atoms with E-state index in [0.717, 1.165) is 44.7 Å². The number of hydrogen-bond donors (Lipinski definition) is 1. The molecule has 0 aromatic carbocycles. The van der Waals surface area contributed by atoms with Gasteiger partial charge < -0.3 is 19.9 Å². The van der Waals surface area contributed by atoms with Gasteiger partial charge in [0, 0.05) is 39.2 Å². The van der Waals surface area contributed by atoms with E-state index in [-0.39, 0.29) is 24.0 Å². The van der Waals surface area contributed by atoms with E-state index < -0.39 is 0 Å². The molecule has 0 radical (unpaired) electrons. The fourth-order valence-corrected chi connectivity index (χ4v) is 3.59. The molecule has 0 aliphatic carbocycles. The van der Waals surface area contributed by atoms with Gasteiger partial charge in [0.15, 0.2) is 5.96 Å². The zero-order chi connectivity index (χ0) is 17.2. The maximum atomic E-state index is 5.48. The first kappa shape index (κ1) is 23.0. The van der Waals surface area contributed by atoms with Crippen LogP contribution in [0.4, 0.5) is 0 Å². The minimum Gasteiger partial charge on any atom is -0.381 e. The van der Waals surface area contributed by atoms with Crippen molar-refractivity contribution in [3.05, 3.63) is 0 Å². The van der Waals surface area contributed by atoms with Crippen molar-refractivity contribution in [1.29, 1.82) is 0 Å². The van der Waals surface area contributed by atoms with Gasteiger partial charge in [-0.05, 0) is 64.6 Å². The fraction of sp³-hybridized carbons (Fsp3) is 0.947. The number of nitrogens with zero attached hydrogens (tertiary/aromatic N) is 3. The molecule has 0 spiro atoms. The van der Waals surface area contributed by atoms with Crippen molar-refractivity contribution in [2.75, 3.05) is 59.5 Å². The fourth-order valence-electron chi connectivity index (χ4n) is 3.59. The summed E-state index contributed by atoms with van der Waals surface area (Å²) in [6.07, 6.45) is 6.37. The lowest BCUT2D eigenvalue weighted by Crippen LogP contribution is -2.41. The summed E-state index contributed by atoms with van der Waals surface area (Å²) in [6.45, 7) is 13.1. The molecule has 1 unspecified atom stereocenters. The van der Waals surface area contributed by atoms with E-state index in [0.29, 0.717) is 5.92 Å². The van der Waals surface area contributed by atoms with E-state index in [1.165, 1.54) is 51.7 Å². The third-order valence-electron chi connectivity index (χ3n) is 5.27. The Morgan fingerprint density at radius 1 is 1.24 bits per heavy atom. The third kappa shape index (κ3) is 8.91. The van der Waals surface area contributed by atoms with Crippen LogP contribution in [0.1, 0.15) is 46.0 Å². The van der Waals surface area contributed by atoms with Crippen LogP contribution in [0, 0.1) is 11.8 Å². The zero-order valence-corrected chi connectivity index (χ0v) is 18.8. The Kier molecular flexibility index (Phi) is 12.1. The van der Waals surface area contributed by atoms with Gasteiger partial charge in [0.2, 0.25) is 0 Å². The summed E-state index contributed by atoms with van der Waals surface area (Å²) < 4.78 is 5.48. The topological polar surface area (TPSA) is 40.1 Å². The number of halogens is 1. The van der Waals surface area contributed by atoms with Crippen molar-refractivity contribution < 1.29 is 4.74 Å². The molecule has 0 bridgehead atoms. The van der Waals surface area contributed by atoms with E-state index in [2.05, 4.69) is 36.0 Å². The molecule has 2 saturated heterocycles. The molecule has 0 amide bonds. The first-order valence-corrected chi connectivity index (χ1v) is 9.98. The van der Waals surface area contributed by atoms with Crippen molar-refractivity contribution in [3.8, 4) is 0 Å². The molecule has 2 aliphatic rings. The van der Waals surface area contributed by atoms with Crippen molar-refractivity contribution in [1.82, 2.24) is 15.1 Å². The Hall–Kier alpha value is -0.0800. The second-order valence-corrected chi connectivity index (χ2v) is 7.58. The molecule has 0 aromatic heterocycles. The van der Waals surface area contributed by atoms with Gasteiger partial charge in [-0.2, -0.15) is 0 Å². The Morgan fingerprint density at radius 3 is 2.64 bits per heavy atom. The highest BCUT2D eigenvalue weighted by Gasteiger charge is 2.19. The predicted molar refractivity (Wildman–Crippen MR) is 117 cm³/mol. The van der Waals surface area contributed by atoms with Crippen LogP contribution in [-0.4, -0.2) is 75.3 Å². The highest BCUT2D eigenvalue weighted by molar-refractivity contribution is 14.0. The van der Waals surface area contributed by atoms with Gasteiger partial charge in [-0.3, -0.25) is 4.99 Å². The molecule has 148 valence electrons. The van der Waals surface area contributed by atoms with Gasteiger partial charge in [0.05, 0.1) is 6.61 Å². The number of hydrogen-bond acceptors (Lipinski definition) is 3. The number of nitrogens with one attached hydrogen (secondary N) is 1. The highest BCUT2D eigenvalue weighted by atomic mass is 127. The summed E-state index contributed by atoms with van der Waals surface area (Å²) in [6, 6.07) is 0. The lowest BCUT2D eigenvalue weighted by Gasteiger charge is -2.30. The summed E-state index contributed by atoms with van der Waals surface area (Å²) in [5.74, 6) is 2.63. The molecule has 2 heterocycles. The standard InChI is InChI=1S/C19H38N4O.HI/c1-4-20-19(22(3)15-18-9-14-24-16-18)21-10-5-6-11-23-12-7-17(2)8-13-23;/h17-18H,4-16H2,1-3H3,(H,20,21);1H. The Labute approximate surface area is 172 Å². The van der Waals surface area contributed by atoms with Crippen LogP contribution in [0.5, 0.6) is 0 Å². The van der Waals surface area contributed by atoms with Gasteiger partial charge in [-0.25, -0.2) is 0 Å². The van der Waals surface area contributed by atoms with E-state index in [1.807, 2.05) is 0 Å². The highest BCUT2D eigenvalue weighted by Crippen LogP contribution is 2.16. The Balaban J connectivity index is 0.00000312. The maximum Gasteiger partial charge on any atom is 0.193 e. The van der Waals surface area contributed by atoms with E-state index in [9.17, 15) is 0 Å². The van der Waals surface area contributed by atoms with Crippen LogP contribution in [0.25, 0.3) is 0 Å². The SMILES string of the molecule is CCNC(=NCCCCN1CCC(C)CC1)N(C)CC1CCOC1.I. The second-order valence-electron chi connectivity index (χ2n) is 7.58. The molecule has 1 atom stereocenters. The van der Waals surface area contributed by atoms with Crippen LogP contribution in [0.2, 0.25) is 0 Å². The van der Waals surface area contributed by atoms with Crippen molar-refractivity contribution in [2.45, 2.75) is 46.0 Å². The molecule has 2 aliphatic heterocycles. The molecule has 0 saturated carbocycles. The first-order valence-electron chi connectivity index (χ1n) is 9.98. The molecule has 6 heteroatoms.